The van der Waals surface area contributed by atoms with Crippen LogP contribution in [0.2, 0.25) is 0 Å². The third-order valence-corrected chi connectivity index (χ3v) is 3.83. The Kier molecular flexibility index (Phi) is 3.92. The maximum atomic E-state index is 9.40. The molecule has 1 fully saturated rings. The van der Waals surface area contributed by atoms with E-state index >= 15 is 0 Å². The molecule has 1 aliphatic rings. The van der Waals surface area contributed by atoms with Gasteiger partial charge in [-0.1, -0.05) is 0 Å². The molecule has 0 N–H and O–H groups in total. The fraction of sp³-hybridized carbons (Fsp3) is 0.353. The van der Waals surface area contributed by atoms with Crippen LogP contribution in [-0.4, -0.2) is 29.2 Å². The van der Waals surface area contributed by atoms with E-state index in [2.05, 4.69) is 20.9 Å². The van der Waals surface area contributed by atoms with Gasteiger partial charge in [-0.25, -0.2) is 4.98 Å². The van der Waals surface area contributed by atoms with Gasteiger partial charge in [0.2, 0.25) is 0 Å². The highest BCUT2D eigenvalue weighted by Gasteiger charge is 2.27. The molecular weight excluding hydrogens is 276 g/mol. The Hall–Kier alpha value is -2.61. The van der Waals surface area contributed by atoms with E-state index in [0.29, 0.717) is 5.56 Å². The monoisotopic (exact) mass is 294 g/mol. The number of hydrogen-bond donors (Lipinski definition) is 0. The summed E-state index contributed by atoms with van der Waals surface area (Å²) < 4.78 is 5.97. The van der Waals surface area contributed by atoms with Gasteiger partial charge in [0.15, 0.2) is 0 Å². The number of aryl methyl sites for hydroxylation is 2. The van der Waals surface area contributed by atoms with Crippen molar-refractivity contribution in [2.75, 3.05) is 18.0 Å². The number of nitriles is 1. The number of nitrogens with zero attached hydrogens (tertiary/aromatic N) is 4. The normalized spacial score (nSPS) is 17.3. The number of anilines is 1. The first-order valence-electron chi connectivity index (χ1n) is 7.37. The van der Waals surface area contributed by atoms with E-state index in [4.69, 9.17) is 4.74 Å². The van der Waals surface area contributed by atoms with Crippen molar-refractivity contribution in [1.82, 2.24) is 9.97 Å². The second-order valence-corrected chi connectivity index (χ2v) is 5.55. The van der Waals surface area contributed by atoms with Crippen LogP contribution in [0.4, 0.5) is 5.82 Å². The molecule has 3 heterocycles. The fourth-order valence-corrected chi connectivity index (χ4v) is 2.81. The van der Waals surface area contributed by atoms with Crippen LogP contribution in [-0.2, 0) is 0 Å². The first-order chi connectivity index (χ1) is 10.7. The van der Waals surface area contributed by atoms with Crippen LogP contribution in [0.1, 0.15) is 23.2 Å². The third kappa shape index (κ3) is 2.86. The topological polar surface area (TPSA) is 62.0 Å². The van der Waals surface area contributed by atoms with E-state index in [1.54, 1.807) is 12.4 Å². The molecule has 2 aromatic rings. The molecule has 0 aromatic carbocycles. The smallest absolute Gasteiger partial charge is 0.147 e. The van der Waals surface area contributed by atoms with Crippen molar-refractivity contribution in [3.8, 4) is 11.8 Å². The van der Waals surface area contributed by atoms with Gasteiger partial charge >= 0.3 is 0 Å². The summed E-state index contributed by atoms with van der Waals surface area (Å²) in [4.78, 5) is 10.7. The van der Waals surface area contributed by atoms with E-state index in [1.807, 2.05) is 32.0 Å². The fourth-order valence-electron chi connectivity index (χ4n) is 2.81. The predicted molar refractivity (Wildman–Crippen MR) is 83.9 cm³/mol. The molecule has 5 heteroatoms. The molecule has 1 aliphatic heterocycles. The first-order valence-corrected chi connectivity index (χ1v) is 7.37. The van der Waals surface area contributed by atoms with Crippen LogP contribution in [0.3, 0.4) is 0 Å². The van der Waals surface area contributed by atoms with Crippen LogP contribution < -0.4 is 9.64 Å². The van der Waals surface area contributed by atoms with Crippen LogP contribution in [0.15, 0.2) is 30.6 Å². The molecule has 1 atom stereocenters. The van der Waals surface area contributed by atoms with Crippen LogP contribution in [0, 0.1) is 25.2 Å². The maximum absolute atomic E-state index is 9.40. The molecule has 112 valence electrons. The maximum Gasteiger partial charge on any atom is 0.147 e. The van der Waals surface area contributed by atoms with E-state index in [-0.39, 0.29) is 6.10 Å². The molecule has 0 spiro atoms. The minimum Gasteiger partial charge on any atom is -0.488 e. The van der Waals surface area contributed by atoms with Crippen LogP contribution in [0.25, 0.3) is 0 Å². The molecule has 0 unspecified atom stereocenters. The van der Waals surface area contributed by atoms with Gasteiger partial charge < -0.3 is 9.64 Å². The zero-order valence-corrected chi connectivity index (χ0v) is 12.8. The average molecular weight is 294 g/mol. The summed E-state index contributed by atoms with van der Waals surface area (Å²) in [5.41, 5.74) is 2.57. The number of rotatable bonds is 3. The zero-order valence-electron chi connectivity index (χ0n) is 12.8. The summed E-state index contributed by atoms with van der Waals surface area (Å²) in [6.45, 7) is 5.50. The van der Waals surface area contributed by atoms with Crippen molar-refractivity contribution in [3.05, 3.63) is 47.4 Å². The molecule has 0 bridgehead atoms. The summed E-state index contributed by atoms with van der Waals surface area (Å²) in [6.07, 6.45) is 4.47. The molecule has 1 saturated heterocycles. The summed E-state index contributed by atoms with van der Waals surface area (Å²) in [6, 6.07) is 7.95. The Bertz CT molecular complexity index is 709. The van der Waals surface area contributed by atoms with Gasteiger partial charge in [-0.3, -0.25) is 4.98 Å². The Morgan fingerprint density at radius 2 is 2.09 bits per heavy atom. The standard InChI is InChI=1S/C17H18N4O/c1-12-9-13(2)20-17(16(12)10-18)21-8-5-15(11-21)22-14-3-6-19-7-4-14/h3-4,6-7,9,15H,5,8,11H2,1-2H3/t15-/m1/s1. The van der Waals surface area contributed by atoms with Crippen molar-refractivity contribution in [2.45, 2.75) is 26.4 Å². The Morgan fingerprint density at radius 3 is 2.82 bits per heavy atom. The highest BCUT2D eigenvalue weighted by molar-refractivity contribution is 5.58. The van der Waals surface area contributed by atoms with Crippen molar-refractivity contribution in [1.29, 1.82) is 5.26 Å². The molecule has 0 radical (unpaired) electrons. The molecule has 5 nitrogen and oxygen atoms in total. The van der Waals surface area contributed by atoms with Crippen molar-refractivity contribution in [3.63, 3.8) is 0 Å². The lowest BCUT2D eigenvalue weighted by atomic mass is 10.1. The van der Waals surface area contributed by atoms with Gasteiger partial charge in [0.25, 0.3) is 0 Å². The van der Waals surface area contributed by atoms with E-state index in [1.165, 1.54) is 0 Å². The number of pyridine rings is 2. The van der Waals surface area contributed by atoms with E-state index in [0.717, 1.165) is 42.3 Å². The van der Waals surface area contributed by atoms with Crippen molar-refractivity contribution >= 4 is 5.82 Å². The van der Waals surface area contributed by atoms with E-state index in [9.17, 15) is 5.26 Å². The number of ether oxygens (including phenoxy) is 1. The molecule has 3 rings (SSSR count). The average Bonchev–Trinajstić information content (AvgIpc) is 2.96. The lowest BCUT2D eigenvalue weighted by molar-refractivity contribution is 0.224. The van der Waals surface area contributed by atoms with Crippen LogP contribution in [0.5, 0.6) is 5.75 Å². The molecule has 0 saturated carbocycles. The van der Waals surface area contributed by atoms with Crippen molar-refractivity contribution < 1.29 is 4.74 Å². The predicted octanol–water partition coefficient (Wildman–Crippen LogP) is 2.62. The highest BCUT2D eigenvalue weighted by Crippen LogP contribution is 2.26. The van der Waals surface area contributed by atoms with Crippen LogP contribution >= 0.6 is 0 Å². The van der Waals surface area contributed by atoms with Gasteiger partial charge in [0.05, 0.1) is 12.1 Å². The number of hydrogen-bond acceptors (Lipinski definition) is 5. The lowest BCUT2D eigenvalue weighted by Gasteiger charge is -2.20. The number of aromatic nitrogens is 2. The molecule has 2 aromatic heterocycles. The van der Waals surface area contributed by atoms with Gasteiger partial charge in [0.1, 0.15) is 23.7 Å². The minimum atomic E-state index is 0.108. The van der Waals surface area contributed by atoms with Gasteiger partial charge in [-0.05, 0) is 37.6 Å². The molecular formula is C17H18N4O. The Labute approximate surface area is 130 Å². The first kappa shape index (κ1) is 14.3. The third-order valence-electron chi connectivity index (χ3n) is 3.83. The quantitative estimate of drug-likeness (QED) is 0.870. The summed E-state index contributed by atoms with van der Waals surface area (Å²) in [7, 11) is 0. The molecule has 22 heavy (non-hydrogen) atoms. The summed E-state index contributed by atoms with van der Waals surface area (Å²) in [5.74, 6) is 1.61. The molecule has 0 aliphatic carbocycles. The second-order valence-electron chi connectivity index (χ2n) is 5.55. The van der Waals surface area contributed by atoms with Gasteiger partial charge in [0, 0.05) is 31.1 Å². The van der Waals surface area contributed by atoms with Crippen molar-refractivity contribution in [2.24, 2.45) is 0 Å². The Morgan fingerprint density at radius 1 is 1.32 bits per heavy atom. The summed E-state index contributed by atoms with van der Waals surface area (Å²) >= 11 is 0. The Balaban J connectivity index is 1.77. The lowest BCUT2D eigenvalue weighted by Crippen LogP contribution is -2.26. The summed E-state index contributed by atoms with van der Waals surface area (Å²) in [5, 5.41) is 9.40. The molecule has 0 amide bonds. The van der Waals surface area contributed by atoms with E-state index < -0.39 is 0 Å². The van der Waals surface area contributed by atoms with Gasteiger partial charge in [-0.2, -0.15) is 5.26 Å². The minimum absolute atomic E-state index is 0.108. The SMILES string of the molecule is Cc1cc(C)c(C#N)c(N2CC[C@@H](Oc3ccncc3)C2)n1. The second kappa shape index (κ2) is 6.02. The zero-order chi connectivity index (χ0) is 15.5. The largest absolute Gasteiger partial charge is 0.488 e. The van der Waals surface area contributed by atoms with Gasteiger partial charge in [-0.15, -0.1) is 0 Å². The highest BCUT2D eigenvalue weighted by atomic mass is 16.5.